The van der Waals surface area contributed by atoms with Crippen molar-refractivity contribution in [2.24, 2.45) is 0 Å². The quantitative estimate of drug-likeness (QED) is 0.435. The zero-order chi connectivity index (χ0) is 23.7. The molecule has 1 aliphatic heterocycles. The third kappa shape index (κ3) is 4.27. The molecule has 34 heavy (non-hydrogen) atoms. The van der Waals surface area contributed by atoms with E-state index in [-0.39, 0.29) is 12.0 Å². The predicted octanol–water partition coefficient (Wildman–Crippen LogP) is 2.77. The van der Waals surface area contributed by atoms with Gasteiger partial charge >= 0.3 is 0 Å². The average molecular weight is 461 g/mol. The van der Waals surface area contributed by atoms with E-state index in [0.29, 0.717) is 43.3 Å². The zero-order valence-electron chi connectivity index (χ0n) is 18.4. The van der Waals surface area contributed by atoms with Crippen molar-refractivity contribution in [3.05, 3.63) is 77.9 Å². The van der Waals surface area contributed by atoms with Crippen LogP contribution >= 0.6 is 0 Å². The molecule has 2 unspecified atom stereocenters. The van der Waals surface area contributed by atoms with E-state index < -0.39 is 11.6 Å². The molecule has 4 aromatic rings. The van der Waals surface area contributed by atoms with E-state index in [1.165, 1.54) is 18.5 Å². The van der Waals surface area contributed by atoms with Gasteiger partial charge in [0.2, 0.25) is 0 Å². The standard InChI is InChI=1S/C23H21F2N9/c1-15(20(11-33-14-27-13-29-33)19-5-3-17(24)8-21(19)25)32-6-7-34-22(12-32)30-23(31-34)16-2-4-18(9-26)28-10-16/h2-5,8,10,13-15,20H,6-7,11-12H2,1H3. The van der Waals surface area contributed by atoms with Crippen LogP contribution in [0.2, 0.25) is 0 Å². The molecular weight excluding hydrogens is 440 g/mol. The first-order valence-electron chi connectivity index (χ1n) is 10.8. The smallest absolute Gasteiger partial charge is 0.182 e. The number of hydrogen-bond donors (Lipinski definition) is 0. The monoisotopic (exact) mass is 461 g/mol. The Hall–Kier alpha value is -4.04. The summed E-state index contributed by atoms with van der Waals surface area (Å²) in [5.41, 5.74) is 1.50. The highest BCUT2D eigenvalue weighted by Crippen LogP contribution is 2.30. The molecule has 0 aliphatic carbocycles. The largest absolute Gasteiger partial charge is 0.291 e. The molecule has 0 radical (unpaired) electrons. The van der Waals surface area contributed by atoms with Gasteiger partial charge in [0.1, 0.15) is 41.9 Å². The molecule has 9 nitrogen and oxygen atoms in total. The van der Waals surface area contributed by atoms with Crippen molar-refractivity contribution >= 4 is 0 Å². The number of rotatable bonds is 6. The van der Waals surface area contributed by atoms with Crippen molar-refractivity contribution < 1.29 is 8.78 Å². The molecule has 11 heteroatoms. The van der Waals surface area contributed by atoms with Crippen LogP contribution in [0.25, 0.3) is 11.4 Å². The van der Waals surface area contributed by atoms with Crippen LogP contribution in [0.5, 0.6) is 0 Å². The van der Waals surface area contributed by atoms with Crippen LogP contribution in [-0.2, 0) is 19.6 Å². The van der Waals surface area contributed by atoms with Gasteiger partial charge in [0.15, 0.2) is 5.82 Å². The number of aromatic nitrogens is 7. The fourth-order valence-electron chi connectivity index (χ4n) is 4.31. The molecule has 0 spiro atoms. The van der Waals surface area contributed by atoms with Gasteiger partial charge in [0, 0.05) is 36.3 Å². The minimum atomic E-state index is -0.607. The molecule has 1 aromatic carbocycles. The second kappa shape index (κ2) is 9.07. The summed E-state index contributed by atoms with van der Waals surface area (Å²) in [7, 11) is 0. The summed E-state index contributed by atoms with van der Waals surface area (Å²) in [5, 5.41) is 17.7. The van der Waals surface area contributed by atoms with Crippen molar-refractivity contribution in [1.82, 2.24) is 39.4 Å². The van der Waals surface area contributed by atoms with E-state index in [0.717, 1.165) is 17.5 Å². The SMILES string of the molecule is CC(C(Cn1cncn1)c1ccc(F)cc1F)N1CCn2nc(-c3ccc(C#N)nc3)nc2C1. The fourth-order valence-corrected chi connectivity index (χ4v) is 4.31. The Labute approximate surface area is 194 Å². The van der Waals surface area contributed by atoms with Gasteiger partial charge in [-0.15, -0.1) is 0 Å². The maximum atomic E-state index is 14.8. The molecule has 1 aliphatic rings. The summed E-state index contributed by atoms with van der Waals surface area (Å²) in [6.45, 7) is 4.27. The van der Waals surface area contributed by atoms with E-state index in [1.54, 1.807) is 29.3 Å². The third-order valence-electron chi connectivity index (χ3n) is 6.20. The van der Waals surface area contributed by atoms with Crippen LogP contribution in [0.4, 0.5) is 8.78 Å². The molecule has 2 atom stereocenters. The first-order valence-corrected chi connectivity index (χ1v) is 10.8. The summed E-state index contributed by atoms with van der Waals surface area (Å²) in [4.78, 5) is 15.0. The number of nitriles is 1. The van der Waals surface area contributed by atoms with Crippen LogP contribution in [-0.4, -0.2) is 52.0 Å². The van der Waals surface area contributed by atoms with E-state index in [4.69, 9.17) is 5.26 Å². The van der Waals surface area contributed by atoms with Crippen LogP contribution in [0.3, 0.4) is 0 Å². The molecule has 0 amide bonds. The Morgan fingerprint density at radius 3 is 2.76 bits per heavy atom. The lowest BCUT2D eigenvalue weighted by Crippen LogP contribution is -2.44. The maximum absolute atomic E-state index is 14.8. The van der Waals surface area contributed by atoms with Crippen LogP contribution in [0, 0.1) is 23.0 Å². The van der Waals surface area contributed by atoms with Gasteiger partial charge in [-0.25, -0.2) is 28.4 Å². The topological polar surface area (TPSA) is 101 Å². The Balaban J connectivity index is 1.40. The summed E-state index contributed by atoms with van der Waals surface area (Å²) in [6, 6.07) is 9.01. The molecule has 172 valence electrons. The summed E-state index contributed by atoms with van der Waals surface area (Å²) >= 11 is 0. The van der Waals surface area contributed by atoms with Gasteiger partial charge in [0.25, 0.3) is 0 Å². The molecule has 0 fully saturated rings. The molecular formula is C23H21F2N9. The predicted molar refractivity (Wildman–Crippen MR) is 117 cm³/mol. The number of nitrogens with zero attached hydrogens (tertiary/aromatic N) is 9. The molecule has 0 saturated carbocycles. The van der Waals surface area contributed by atoms with E-state index in [2.05, 4.69) is 30.0 Å². The highest BCUT2D eigenvalue weighted by Gasteiger charge is 2.31. The lowest BCUT2D eigenvalue weighted by Gasteiger charge is -2.37. The second-order valence-corrected chi connectivity index (χ2v) is 8.22. The Morgan fingerprint density at radius 2 is 2.06 bits per heavy atom. The normalized spacial score (nSPS) is 15.5. The first kappa shape index (κ1) is 21.8. The second-order valence-electron chi connectivity index (χ2n) is 8.22. The average Bonchev–Trinajstić information content (AvgIpc) is 3.52. The molecule has 0 bridgehead atoms. The number of halogens is 2. The van der Waals surface area contributed by atoms with Crippen molar-refractivity contribution in [1.29, 1.82) is 5.26 Å². The van der Waals surface area contributed by atoms with Gasteiger partial charge in [-0.2, -0.15) is 15.5 Å². The third-order valence-corrected chi connectivity index (χ3v) is 6.20. The van der Waals surface area contributed by atoms with Gasteiger partial charge in [-0.3, -0.25) is 9.58 Å². The van der Waals surface area contributed by atoms with E-state index in [9.17, 15) is 8.78 Å². The summed E-state index contributed by atoms with van der Waals surface area (Å²) in [6.07, 6.45) is 4.61. The van der Waals surface area contributed by atoms with Gasteiger partial charge in [0.05, 0.1) is 19.6 Å². The lowest BCUT2D eigenvalue weighted by molar-refractivity contribution is 0.129. The van der Waals surface area contributed by atoms with Gasteiger partial charge in [-0.05, 0) is 30.7 Å². The Bertz CT molecular complexity index is 1330. The minimum Gasteiger partial charge on any atom is -0.291 e. The van der Waals surface area contributed by atoms with E-state index in [1.807, 2.05) is 17.7 Å². The Kier molecular flexibility index (Phi) is 5.81. The molecule has 0 saturated heterocycles. The minimum absolute atomic E-state index is 0.102. The fraction of sp³-hybridized carbons (Fsp3) is 0.304. The molecule has 3 aromatic heterocycles. The molecule has 0 N–H and O–H groups in total. The molecule has 4 heterocycles. The van der Waals surface area contributed by atoms with Gasteiger partial charge < -0.3 is 0 Å². The number of hydrogen-bond acceptors (Lipinski definition) is 7. The number of pyridine rings is 1. The lowest BCUT2D eigenvalue weighted by atomic mass is 9.90. The van der Waals surface area contributed by atoms with Crippen molar-refractivity contribution in [3.8, 4) is 17.5 Å². The summed E-state index contributed by atoms with van der Waals surface area (Å²) < 4.78 is 31.9. The van der Waals surface area contributed by atoms with Crippen LogP contribution in [0.15, 0.2) is 49.2 Å². The van der Waals surface area contributed by atoms with Crippen LogP contribution in [0.1, 0.15) is 29.9 Å². The van der Waals surface area contributed by atoms with Crippen molar-refractivity contribution in [2.75, 3.05) is 6.54 Å². The Morgan fingerprint density at radius 1 is 1.18 bits per heavy atom. The van der Waals surface area contributed by atoms with Crippen molar-refractivity contribution in [2.45, 2.75) is 38.5 Å². The molecule has 5 rings (SSSR count). The first-order chi connectivity index (χ1) is 16.5. The maximum Gasteiger partial charge on any atom is 0.182 e. The van der Waals surface area contributed by atoms with Gasteiger partial charge in [-0.1, -0.05) is 6.07 Å². The van der Waals surface area contributed by atoms with E-state index >= 15 is 0 Å². The number of fused-ring (bicyclic) bond motifs is 1. The summed E-state index contributed by atoms with van der Waals surface area (Å²) in [5.74, 6) is -0.141. The zero-order valence-corrected chi connectivity index (χ0v) is 18.4. The van der Waals surface area contributed by atoms with Crippen molar-refractivity contribution in [3.63, 3.8) is 0 Å². The number of benzene rings is 1. The van der Waals surface area contributed by atoms with Crippen LogP contribution < -0.4 is 0 Å². The highest BCUT2D eigenvalue weighted by molar-refractivity contribution is 5.53. The highest BCUT2D eigenvalue weighted by atomic mass is 19.1.